The van der Waals surface area contributed by atoms with Crippen LogP contribution in [0.2, 0.25) is 0 Å². The van der Waals surface area contributed by atoms with Crippen LogP contribution >= 0.6 is 11.8 Å². The van der Waals surface area contributed by atoms with Crippen LogP contribution < -0.4 is 10.6 Å². The van der Waals surface area contributed by atoms with Crippen molar-refractivity contribution in [2.45, 2.75) is 5.16 Å². The van der Waals surface area contributed by atoms with Crippen LogP contribution in [0.1, 0.15) is 0 Å². The zero-order valence-corrected chi connectivity index (χ0v) is 12.7. The van der Waals surface area contributed by atoms with Crippen LogP contribution in [0.5, 0.6) is 0 Å². The largest absolute Gasteiger partial charge is 0.373 e. The highest BCUT2D eigenvalue weighted by molar-refractivity contribution is 7.98. The van der Waals surface area contributed by atoms with Gasteiger partial charge in [0, 0.05) is 18.8 Å². The van der Waals surface area contributed by atoms with E-state index >= 15 is 0 Å². The summed E-state index contributed by atoms with van der Waals surface area (Å²) in [7, 11) is 1.85. The lowest BCUT2D eigenvalue weighted by atomic mass is 10.1. The van der Waals surface area contributed by atoms with E-state index in [0.29, 0.717) is 0 Å². The predicted molar refractivity (Wildman–Crippen MR) is 90.6 cm³/mol. The third-order valence-corrected chi connectivity index (χ3v) is 3.71. The number of nitrogens with zero attached hydrogens (tertiary/aromatic N) is 2. The maximum Gasteiger partial charge on any atom is 0.191 e. The maximum atomic E-state index is 4.48. The molecule has 0 unspecified atom stereocenters. The minimum Gasteiger partial charge on any atom is -0.373 e. The zero-order chi connectivity index (χ0) is 14.7. The van der Waals surface area contributed by atoms with E-state index < -0.39 is 0 Å². The second kappa shape index (κ2) is 6.01. The van der Waals surface area contributed by atoms with Gasteiger partial charge in [-0.15, -0.1) is 0 Å². The Balaban J connectivity index is 1.94. The summed E-state index contributed by atoms with van der Waals surface area (Å²) in [6, 6.07) is 16.5. The molecule has 0 atom stereocenters. The fourth-order valence-corrected chi connectivity index (χ4v) is 2.50. The number of fused-ring (bicyclic) bond motifs is 1. The summed E-state index contributed by atoms with van der Waals surface area (Å²) in [5.74, 6) is 1.59. The number of hydrogen-bond acceptors (Lipinski definition) is 5. The van der Waals surface area contributed by atoms with Gasteiger partial charge in [0.1, 0.15) is 11.6 Å². The second-order valence-electron chi connectivity index (χ2n) is 4.56. The third-order valence-electron chi connectivity index (χ3n) is 3.17. The molecule has 1 heterocycles. The van der Waals surface area contributed by atoms with Crippen LogP contribution in [0, 0.1) is 0 Å². The van der Waals surface area contributed by atoms with Gasteiger partial charge < -0.3 is 10.6 Å². The van der Waals surface area contributed by atoms with Crippen molar-refractivity contribution in [1.82, 2.24) is 9.97 Å². The van der Waals surface area contributed by atoms with E-state index in [4.69, 9.17) is 0 Å². The molecule has 0 saturated carbocycles. The highest BCUT2D eigenvalue weighted by Crippen LogP contribution is 2.23. The van der Waals surface area contributed by atoms with Crippen molar-refractivity contribution in [1.29, 1.82) is 0 Å². The lowest BCUT2D eigenvalue weighted by Crippen LogP contribution is -2.00. The summed E-state index contributed by atoms with van der Waals surface area (Å²) >= 11 is 1.52. The minimum absolute atomic E-state index is 0.741. The normalized spacial score (nSPS) is 10.6. The molecule has 21 heavy (non-hydrogen) atoms. The minimum atomic E-state index is 0.741. The summed E-state index contributed by atoms with van der Waals surface area (Å²) in [5, 5.41) is 9.57. The number of anilines is 3. The molecule has 0 spiro atoms. The molecular formula is C16H16N4S. The molecule has 0 fully saturated rings. The van der Waals surface area contributed by atoms with Gasteiger partial charge in [-0.1, -0.05) is 42.1 Å². The lowest BCUT2D eigenvalue weighted by molar-refractivity contribution is 0.977. The van der Waals surface area contributed by atoms with Crippen molar-refractivity contribution >= 4 is 39.9 Å². The van der Waals surface area contributed by atoms with Gasteiger partial charge in [-0.2, -0.15) is 0 Å². The fourth-order valence-electron chi connectivity index (χ4n) is 2.12. The van der Waals surface area contributed by atoms with Crippen LogP contribution in [0.3, 0.4) is 0 Å². The third kappa shape index (κ3) is 3.08. The molecule has 3 aromatic rings. The smallest absolute Gasteiger partial charge is 0.191 e. The highest BCUT2D eigenvalue weighted by Gasteiger charge is 2.04. The molecule has 3 rings (SSSR count). The summed E-state index contributed by atoms with van der Waals surface area (Å²) in [5.41, 5.74) is 1.02. The van der Waals surface area contributed by atoms with Gasteiger partial charge in [0.15, 0.2) is 5.16 Å². The van der Waals surface area contributed by atoms with E-state index in [9.17, 15) is 0 Å². The van der Waals surface area contributed by atoms with E-state index in [0.717, 1.165) is 22.5 Å². The summed E-state index contributed by atoms with van der Waals surface area (Å²) < 4.78 is 0. The summed E-state index contributed by atoms with van der Waals surface area (Å²) in [6.07, 6.45) is 1.97. The first kappa shape index (κ1) is 13.7. The van der Waals surface area contributed by atoms with Gasteiger partial charge >= 0.3 is 0 Å². The molecule has 0 amide bonds. The van der Waals surface area contributed by atoms with Crippen molar-refractivity contribution in [2.24, 2.45) is 0 Å². The Morgan fingerprint density at radius 1 is 0.905 bits per heavy atom. The molecular weight excluding hydrogens is 280 g/mol. The first-order valence-electron chi connectivity index (χ1n) is 6.65. The number of thioether (sulfide) groups is 1. The van der Waals surface area contributed by atoms with Crippen LogP contribution in [0.25, 0.3) is 10.8 Å². The van der Waals surface area contributed by atoms with E-state index in [1.165, 1.54) is 22.5 Å². The molecule has 0 saturated heterocycles. The highest BCUT2D eigenvalue weighted by atomic mass is 32.2. The predicted octanol–water partition coefficient (Wildman–Crippen LogP) is 4.14. The average Bonchev–Trinajstić information content (AvgIpc) is 2.54. The Kier molecular flexibility index (Phi) is 3.92. The van der Waals surface area contributed by atoms with E-state index in [-0.39, 0.29) is 0 Å². The second-order valence-corrected chi connectivity index (χ2v) is 5.34. The first-order chi connectivity index (χ1) is 10.3. The topological polar surface area (TPSA) is 49.8 Å². The summed E-state index contributed by atoms with van der Waals surface area (Å²) in [6.45, 7) is 0. The van der Waals surface area contributed by atoms with Crippen molar-refractivity contribution in [2.75, 3.05) is 23.9 Å². The maximum absolute atomic E-state index is 4.48. The number of aromatic nitrogens is 2. The Hall–Kier alpha value is -2.27. The Labute approximate surface area is 128 Å². The van der Waals surface area contributed by atoms with Gasteiger partial charge in [0.05, 0.1) is 0 Å². The molecule has 4 nitrogen and oxygen atoms in total. The number of rotatable bonds is 4. The quantitative estimate of drug-likeness (QED) is 0.560. The molecule has 2 N–H and O–H groups in total. The molecule has 0 bridgehead atoms. The molecule has 2 aromatic carbocycles. The number of benzene rings is 2. The molecule has 0 aliphatic rings. The van der Waals surface area contributed by atoms with Crippen molar-refractivity contribution in [3.63, 3.8) is 0 Å². The lowest BCUT2D eigenvalue weighted by Gasteiger charge is -2.09. The van der Waals surface area contributed by atoms with Crippen LogP contribution in [0.15, 0.2) is 53.7 Å². The Morgan fingerprint density at radius 2 is 1.67 bits per heavy atom. The first-order valence-corrected chi connectivity index (χ1v) is 7.87. The van der Waals surface area contributed by atoms with Crippen molar-refractivity contribution in [3.8, 4) is 0 Å². The van der Waals surface area contributed by atoms with E-state index in [2.05, 4.69) is 50.9 Å². The number of hydrogen-bond donors (Lipinski definition) is 2. The molecule has 5 heteroatoms. The van der Waals surface area contributed by atoms with Crippen molar-refractivity contribution in [3.05, 3.63) is 48.5 Å². The SMILES string of the molecule is CNc1cc(Nc2ccc3ccccc3c2)nc(SC)n1. The van der Waals surface area contributed by atoms with Crippen molar-refractivity contribution < 1.29 is 0 Å². The standard InChI is InChI=1S/C16H16N4S/c1-17-14-10-15(20-16(19-14)21-2)18-13-8-7-11-5-3-4-6-12(11)9-13/h3-10H,1-2H3,(H2,17,18,19,20). The Morgan fingerprint density at radius 3 is 2.43 bits per heavy atom. The van der Waals surface area contributed by atoms with Gasteiger partial charge in [-0.25, -0.2) is 9.97 Å². The molecule has 0 aliphatic heterocycles. The Bertz CT molecular complexity index is 751. The zero-order valence-electron chi connectivity index (χ0n) is 11.9. The fraction of sp³-hybridized carbons (Fsp3) is 0.125. The summed E-state index contributed by atoms with van der Waals surface area (Å²) in [4.78, 5) is 8.84. The molecule has 0 aliphatic carbocycles. The molecule has 0 radical (unpaired) electrons. The van der Waals surface area contributed by atoms with Gasteiger partial charge in [-0.05, 0) is 29.2 Å². The number of nitrogens with one attached hydrogen (secondary N) is 2. The van der Waals surface area contributed by atoms with Crippen LogP contribution in [-0.2, 0) is 0 Å². The average molecular weight is 296 g/mol. The van der Waals surface area contributed by atoms with E-state index in [1.54, 1.807) is 0 Å². The van der Waals surface area contributed by atoms with Crippen LogP contribution in [0.4, 0.5) is 17.3 Å². The van der Waals surface area contributed by atoms with Gasteiger partial charge in [0.25, 0.3) is 0 Å². The molecule has 1 aromatic heterocycles. The van der Waals surface area contributed by atoms with E-state index in [1.807, 2.05) is 31.5 Å². The van der Waals surface area contributed by atoms with Gasteiger partial charge in [0.2, 0.25) is 0 Å². The monoisotopic (exact) mass is 296 g/mol. The van der Waals surface area contributed by atoms with Crippen LogP contribution in [-0.4, -0.2) is 23.3 Å². The van der Waals surface area contributed by atoms with Gasteiger partial charge in [-0.3, -0.25) is 0 Å². The molecule has 106 valence electrons.